The first-order valence-electron chi connectivity index (χ1n) is 11.1. The fraction of sp³-hybridized carbons (Fsp3) is 0.773. The third-order valence-corrected chi connectivity index (χ3v) is 7.69. The van der Waals surface area contributed by atoms with E-state index in [1.807, 2.05) is 19.9 Å². The summed E-state index contributed by atoms with van der Waals surface area (Å²) in [6, 6.07) is 2.21. The number of carbonyl (C=O) groups is 1. The Bertz CT molecular complexity index is 699. The Labute approximate surface area is 182 Å². The largest absolute Gasteiger partial charge is 0.453 e. The number of hydrogen-bond acceptors (Lipinski definition) is 5. The second-order valence-electron chi connectivity index (χ2n) is 8.23. The van der Waals surface area contributed by atoms with E-state index < -0.39 is 6.43 Å². The topological polar surface area (TPSA) is 50.8 Å². The van der Waals surface area contributed by atoms with Gasteiger partial charge in [0.05, 0.1) is 13.7 Å². The van der Waals surface area contributed by atoms with Gasteiger partial charge in [-0.1, -0.05) is 13.8 Å². The van der Waals surface area contributed by atoms with Gasteiger partial charge in [0.15, 0.2) is 0 Å². The van der Waals surface area contributed by atoms with Crippen LogP contribution in [0.1, 0.15) is 54.8 Å². The van der Waals surface area contributed by atoms with E-state index in [0.717, 1.165) is 56.6 Å². The maximum Gasteiger partial charge on any atom is 0.407 e. The third-order valence-electron chi connectivity index (χ3n) is 6.30. The van der Waals surface area contributed by atoms with Crippen molar-refractivity contribution in [3.05, 3.63) is 21.4 Å². The molecule has 1 saturated carbocycles. The average molecular weight is 445 g/mol. The van der Waals surface area contributed by atoms with E-state index in [2.05, 4.69) is 15.0 Å². The summed E-state index contributed by atoms with van der Waals surface area (Å²) in [6.45, 7) is 7.66. The normalized spacial score (nSPS) is 25.1. The molecule has 1 aromatic heterocycles. The number of fused-ring (bicyclic) bond motifs is 2. The zero-order valence-electron chi connectivity index (χ0n) is 18.2. The number of methoxy groups -OCH3 is 1. The van der Waals surface area contributed by atoms with Crippen LogP contribution in [0.15, 0.2) is 6.07 Å². The maximum absolute atomic E-state index is 12.8. The second-order valence-corrected chi connectivity index (χ2v) is 9.36. The van der Waals surface area contributed by atoms with Crippen molar-refractivity contribution in [1.82, 2.24) is 10.2 Å². The van der Waals surface area contributed by atoms with Crippen LogP contribution in [0.25, 0.3) is 0 Å². The number of rotatable bonds is 5. The SMILES string of the molecule is CC.COC(=O)NC1CC(CN2CCC3(CC2)OCCc2cc(CC(F)F)sc23)C1. The van der Waals surface area contributed by atoms with Crippen LogP contribution in [0.4, 0.5) is 13.6 Å². The standard InChI is InChI=1S/C20H28F2N2O3S.C2H6/c1-26-19(25)23-15-8-13(9-15)12-24-5-3-20(4-6-24)18-14(2-7-27-20)10-16(28-18)11-17(21)22;1-2/h10,13,15,17H,2-9,11-12H2,1H3,(H,23,25);1-2H3. The lowest BCUT2D eigenvalue weighted by molar-refractivity contribution is -0.0976. The summed E-state index contributed by atoms with van der Waals surface area (Å²) in [5.41, 5.74) is 0.944. The van der Waals surface area contributed by atoms with Gasteiger partial charge in [-0.15, -0.1) is 11.3 Å². The minimum atomic E-state index is -2.29. The van der Waals surface area contributed by atoms with Gasteiger partial charge in [-0.2, -0.15) is 0 Å². The highest BCUT2D eigenvalue weighted by Gasteiger charge is 2.43. The molecule has 170 valence electrons. The number of piperidine rings is 1. The molecule has 0 aromatic carbocycles. The lowest BCUT2D eigenvalue weighted by atomic mass is 9.79. The summed E-state index contributed by atoms with van der Waals surface area (Å²) >= 11 is 1.53. The van der Waals surface area contributed by atoms with Crippen molar-refractivity contribution in [2.75, 3.05) is 33.4 Å². The van der Waals surface area contributed by atoms with Crippen LogP contribution in [-0.4, -0.2) is 56.8 Å². The van der Waals surface area contributed by atoms with Gasteiger partial charge < -0.3 is 19.7 Å². The zero-order valence-corrected chi connectivity index (χ0v) is 19.0. The summed E-state index contributed by atoms with van der Waals surface area (Å²) in [6.07, 6.45) is 1.88. The molecule has 1 N–H and O–H groups in total. The highest BCUT2D eigenvalue weighted by molar-refractivity contribution is 7.12. The molecule has 1 aromatic rings. The first kappa shape index (κ1) is 23.4. The number of carbonyl (C=O) groups excluding carboxylic acids is 1. The summed E-state index contributed by atoms with van der Waals surface area (Å²) in [7, 11) is 1.39. The molecule has 2 aliphatic heterocycles. The molecule has 2 fully saturated rings. The summed E-state index contributed by atoms with van der Waals surface area (Å²) in [5, 5.41) is 2.85. The quantitative estimate of drug-likeness (QED) is 0.722. The lowest BCUT2D eigenvalue weighted by Gasteiger charge is -2.46. The zero-order chi connectivity index (χ0) is 21.7. The molecule has 30 heavy (non-hydrogen) atoms. The van der Waals surface area contributed by atoms with E-state index in [0.29, 0.717) is 12.5 Å². The predicted molar refractivity (Wildman–Crippen MR) is 114 cm³/mol. The number of amides is 1. The van der Waals surface area contributed by atoms with Crippen LogP contribution in [0, 0.1) is 5.92 Å². The number of likely N-dealkylation sites (tertiary alicyclic amines) is 1. The fourth-order valence-corrected chi connectivity index (χ4v) is 6.21. The molecule has 3 aliphatic rings. The van der Waals surface area contributed by atoms with Crippen molar-refractivity contribution in [3.63, 3.8) is 0 Å². The van der Waals surface area contributed by atoms with Crippen molar-refractivity contribution in [3.8, 4) is 0 Å². The van der Waals surface area contributed by atoms with E-state index in [9.17, 15) is 13.6 Å². The summed E-state index contributed by atoms with van der Waals surface area (Å²) in [4.78, 5) is 15.7. The molecule has 1 spiro atoms. The van der Waals surface area contributed by atoms with Gasteiger partial charge in [0.2, 0.25) is 6.43 Å². The minimum absolute atomic E-state index is 0.150. The highest BCUT2D eigenvalue weighted by atomic mass is 32.1. The number of hydrogen-bond donors (Lipinski definition) is 1. The molecule has 0 radical (unpaired) electrons. The van der Waals surface area contributed by atoms with Crippen molar-refractivity contribution in [2.24, 2.45) is 5.92 Å². The van der Waals surface area contributed by atoms with Gasteiger partial charge >= 0.3 is 6.09 Å². The van der Waals surface area contributed by atoms with Gasteiger partial charge in [-0.3, -0.25) is 0 Å². The maximum atomic E-state index is 12.8. The fourth-order valence-electron chi connectivity index (χ4n) is 4.79. The molecule has 1 saturated heterocycles. The Hall–Kier alpha value is -1.25. The monoisotopic (exact) mass is 444 g/mol. The molecule has 0 bridgehead atoms. The van der Waals surface area contributed by atoms with Crippen LogP contribution in [-0.2, 0) is 27.9 Å². The molecule has 5 nitrogen and oxygen atoms in total. The smallest absolute Gasteiger partial charge is 0.407 e. The Balaban J connectivity index is 0.00000124. The molecular weight excluding hydrogens is 410 g/mol. The Morgan fingerprint density at radius 2 is 2.07 bits per heavy atom. The van der Waals surface area contributed by atoms with Crippen molar-refractivity contribution < 1.29 is 23.0 Å². The number of nitrogens with zero attached hydrogens (tertiary/aromatic N) is 1. The number of halogens is 2. The minimum Gasteiger partial charge on any atom is -0.453 e. The second kappa shape index (κ2) is 10.4. The van der Waals surface area contributed by atoms with E-state index in [-0.39, 0.29) is 24.2 Å². The van der Waals surface area contributed by atoms with Gasteiger partial charge in [0, 0.05) is 41.9 Å². The number of thiophene rings is 1. The molecule has 8 heteroatoms. The molecule has 3 heterocycles. The molecule has 4 rings (SSSR count). The van der Waals surface area contributed by atoms with Crippen molar-refractivity contribution in [1.29, 1.82) is 0 Å². The number of alkyl carbamates (subject to hydrolysis) is 1. The van der Waals surface area contributed by atoms with E-state index in [1.165, 1.54) is 28.9 Å². The van der Waals surface area contributed by atoms with Gasteiger partial charge in [0.25, 0.3) is 0 Å². The predicted octanol–water partition coefficient (Wildman–Crippen LogP) is 4.58. The van der Waals surface area contributed by atoms with Crippen molar-refractivity contribution in [2.45, 2.75) is 70.4 Å². The summed E-state index contributed by atoms with van der Waals surface area (Å²) in [5.74, 6) is 0.610. The van der Waals surface area contributed by atoms with E-state index >= 15 is 0 Å². The average Bonchev–Trinajstić information content (AvgIpc) is 3.12. The number of nitrogens with one attached hydrogen (secondary N) is 1. The molecule has 0 unspecified atom stereocenters. The van der Waals surface area contributed by atoms with E-state index in [1.54, 1.807) is 0 Å². The van der Waals surface area contributed by atoms with Crippen LogP contribution in [0.5, 0.6) is 0 Å². The molecule has 0 atom stereocenters. The first-order valence-corrected chi connectivity index (χ1v) is 11.9. The van der Waals surface area contributed by atoms with Crippen LogP contribution >= 0.6 is 11.3 Å². The highest BCUT2D eigenvalue weighted by Crippen LogP contribution is 2.46. The van der Waals surface area contributed by atoms with Crippen LogP contribution in [0.3, 0.4) is 0 Å². The Morgan fingerprint density at radius 3 is 2.70 bits per heavy atom. The molecular formula is C22H34F2N2O3S. The Kier molecular flexibility index (Phi) is 8.10. The summed E-state index contributed by atoms with van der Waals surface area (Å²) < 4.78 is 36.5. The van der Waals surface area contributed by atoms with Gasteiger partial charge in [-0.05, 0) is 49.7 Å². The third kappa shape index (κ3) is 5.32. The lowest BCUT2D eigenvalue weighted by Crippen LogP contribution is -2.51. The molecule has 1 aliphatic carbocycles. The number of alkyl halides is 2. The van der Waals surface area contributed by atoms with Gasteiger partial charge in [-0.25, -0.2) is 13.6 Å². The van der Waals surface area contributed by atoms with Crippen LogP contribution < -0.4 is 5.32 Å². The van der Waals surface area contributed by atoms with Crippen LogP contribution in [0.2, 0.25) is 0 Å². The van der Waals surface area contributed by atoms with E-state index in [4.69, 9.17) is 4.74 Å². The first-order chi connectivity index (χ1) is 14.5. The molecule has 1 amide bonds. The van der Waals surface area contributed by atoms with Gasteiger partial charge in [0.1, 0.15) is 5.60 Å². The number of ether oxygens (including phenoxy) is 2. The van der Waals surface area contributed by atoms with Crippen molar-refractivity contribution >= 4 is 17.4 Å². The Morgan fingerprint density at radius 1 is 1.37 bits per heavy atom.